The summed E-state index contributed by atoms with van der Waals surface area (Å²) in [7, 11) is 0. The van der Waals surface area contributed by atoms with Gasteiger partial charge in [-0.2, -0.15) is 0 Å². The number of rotatable bonds is 6. The molecule has 0 fully saturated rings. The van der Waals surface area contributed by atoms with Crippen molar-refractivity contribution in [1.82, 2.24) is 9.13 Å². The Morgan fingerprint density at radius 1 is 1.18 bits per heavy atom. The van der Waals surface area contributed by atoms with E-state index < -0.39 is 17.2 Å². The van der Waals surface area contributed by atoms with E-state index in [1.54, 1.807) is 39.0 Å². The summed E-state index contributed by atoms with van der Waals surface area (Å²) in [5.74, 6) is -0.859. The van der Waals surface area contributed by atoms with Crippen molar-refractivity contribution in [1.29, 1.82) is 0 Å². The van der Waals surface area contributed by atoms with Gasteiger partial charge in [0, 0.05) is 13.1 Å². The zero-order valence-electron chi connectivity index (χ0n) is 16.0. The number of carbonyl (C=O) groups is 1. The van der Waals surface area contributed by atoms with Gasteiger partial charge in [-0.3, -0.25) is 13.9 Å². The highest BCUT2D eigenvalue weighted by atomic mass is 32.1. The van der Waals surface area contributed by atoms with Crippen molar-refractivity contribution in [3.63, 3.8) is 0 Å². The Kier molecular flexibility index (Phi) is 5.79. The smallest absolute Gasteiger partial charge is 0.348 e. The fourth-order valence-electron chi connectivity index (χ4n) is 3.20. The highest BCUT2D eigenvalue weighted by Crippen LogP contribution is 2.28. The van der Waals surface area contributed by atoms with Crippen molar-refractivity contribution in [2.45, 2.75) is 40.3 Å². The summed E-state index contributed by atoms with van der Waals surface area (Å²) in [4.78, 5) is 38.7. The standard InChI is InChI=1S/C20H21FN2O4S/c1-4-22-17(24)15-12(3)16(19(25)27-5-2)28-18(15)23(20(22)26)11-10-13-8-6-7-9-14(13)21/h6-9H,4-5,10-11H2,1-3H3. The molecule has 0 saturated carbocycles. The van der Waals surface area contributed by atoms with Crippen LogP contribution >= 0.6 is 11.3 Å². The average Bonchev–Trinajstić information content (AvgIpc) is 3.01. The fraction of sp³-hybridized carbons (Fsp3) is 0.350. The van der Waals surface area contributed by atoms with Crippen LogP contribution in [0.4, 0.5) is 4.39 Å². The van der Waals surface area contributed by atoms with E-state index in [9.17, 15) is 18.8 Å². The normalized spacial score (nSPS) is 11.1. The SMILES string of the molecule is CCOC(=O)c1sc2c(c1C)c(=O)n(CC)c(=O)n2CCc1ccccc1F. The van der Waals surface area contributed by atoms with Crippen molar-refractivity contribution in [2.75, 3.05) is 6.61 Å². The lowest BCUT2D eigenvalue weighted by molar-refractivity contribution is 0.0531. The van der Waals surface area contributed by atoms with E-state index in [0.717, 1.165) is 15.9 Å². The molecule has 2 heterocycles. The van der Waals surface area contributed by atoms with Crippen molar-refractivity contribution >= 4 is 27.5 Å². The Morgan fingerprint density at radius 2 is 1.89 bits per heavy atom. The van der Waals surface area contributed by atoms with Gasteiger partial charge in [0.15, 0.2) is 0 Å². The maximum absolute atomic E-state index is 14.0. The molecule has 0 aliphatic heterocycles. The third-order valence-electron chi connectivity index (χ3n) is 4.63. The minimum absolute atomic E-state index is 0.193. The van der Waals surface area contributed by atoms with Crippen LogP contribution in [0.2, 0.25) is 0 Å². The number of aryl methyl sites for hydroxylation is 3. The molecule has 2 aromatic heterocycles. The van der Waals surface area contributed by atoms with Crippen LogP contribution in [0.5, 0.6) is 0 Å². The van der Waals surface area contributed by atoms with E-state index in [4.69, 9.17) is 4.74 Å². The largest absolute Gasteiger partial charge is 0.462 e. The van der Waals surface area contributed by atoms with E-state index in [0.29, 0.717) is 26.2 Å². The van der Waals surface area contributed by atoms with Gasteiger partial charge in [0.1, 0.15) is 15.5 Å². The molecular formula is C20H21FN2O4S. The van der Waals surface area contributed by atoms with Crippen molar-refractivity contribution in [3.05, 3.63) is 66.9 Å². The first-order valence-corrected chi connectivity index (χ1v) is 9.89. The topological polar surface area (TPSA) is 70.3 Å². The molecule has 0 N–H and O–H groups in total. The summed E-state index contributed by atoms with van der Waals surface area (Å²) in [6, 6.07) is 6.37. The Labute approximate surface area is 164 Å². The van der Waals surface area contributed by atoms with Crippen LogP contribution in [0.3, 0.4) is 0 Å². The Morgan fingerprint density at radius 3 is 2.54 bits per heavy atom. The van der Waals surface area contributed by atoms with Gasteiger partial charge in [-0.1, -0.05) is 18.2 Å². The summed E-state index contributed by atoms with van der Waals surface area (Å²) < 4.78 is 21.6. The maximum atomic E-state index is 14.0. The molecule has 0 aliphatic rings. The number of benzene rings is 1. The van der Waals surface area contributed by atoms with E-state index in [1.165, 1.54) is 10.6 Å². The number of hydrogen-bond donors (Lipinski definition) is 0. The molecule has 0 aliphatic carbocycles. The number of thiophene rings is 1. The molecule has 0 saturated heterocycles. The maximum Gasteiger partial charge on any atom is 0.348 e. The van der Waals surface area contributed by atoms with E-state index in [1.807, 2.05) is 0 Å². The average molecular weight is 404 g/mol. The van der Waals surface area contributed by atoms with Crippen LogP contribution in [0, 0.1) is 12.7 Å². The molecule has 0 bridgehead atoms. The molecule has 3 aromatic rings. The second kappa shape index (κ2) is 8.10. The summed E-state index contributed by atoms with van der Waals surface area (Å²) >= 11 is 1.07. The Balaban J connectivity index is 2.19. The highest BCUT2D eigenvalue weighted by Gasteiger charge is 2.23. The first-order valence-electron chi connectivity index (χ1n) is 9.07. The fourth-order valence-corrected chi connectivity index (χ4v) is 4.41. The van der Waals surface area contributed by atoms with Crippen LogP contribution < -0.4 is 11.2 Å². The third-order valence-corrected chi connectivity index (χ3v) is 5.93. The lowest BCUT2D eigenvalue weighted by Gasteiger charge is -2.11. The molecule has 3 rings (SSSR count). The van der Waals surface area contributed by atoms with Crippen LogP contribution in [-0.4, -0.2) is 21.7 Å². The van der Waals surface area contributed by atoms with Crippen LogP contribution in [-0.2, 0) is 24.2 Å². The predicted octanol–water partition coefficient (Wildman–Crippen LogP) is 3.11. The number of carbonyl (C=O) groups excluding carboxylic acids is 1. The molecule has 0 atom stereocenters. The molecule has 0 amide bonds. The molecule has 148 valence electrons. The predicted molar refractivity (Wildman–Crippen MR) is 107 cm³/mol. The number of hydrogen-bond acceptors (Lipinski definition) is 5. The number of fused-ring (bicyclic) bond motifs is 1. The lowest BCUT2D eigenvalue weighted by atomic mass is 10.1. The minimum Gasteiger partial charge on any atom is -0.462 e. The quantitative estimate of drug-likeness (QED) is 0.592. The van der Waals surface area contributed by atoms with Gasteiger partial charge in [0.25, 0.3) is 5.56 Å². The van der Waals surface area contributed by atoms with Gasteiger partial charge >= 0.3 is 11.7 Å². The second-order valence-electron chi connectivity index (χ2n) is 6.28. The van der Waals surface area contributed by atoms with Gasteiger partial charge in [-0.15, -0.1) is 11.3 Å². The van der Waals surface area contributed by atoms with Gasteiger partial charge in [0.2, 0.25) is 0 Å². The molecule has 1 aromatic carbocycles. The Hall–Kier alpha value is -2.74. The minimum atomic E-state index is -0.517. The molecular weight excluding hydrogens is 383 g/mol. The number of esters is 1. The van der Waals surface area contributed by atoms with E-state index in [2.05, 4.69) is 0 Å². The summed E-state index contributed by atoms with van der Waals surface area (Å²) in [5.41, 5.74) is 0.0999. The van der Waals surface area contributed by atoms with Gasteiger partial charge in [-0.05, 0) is 44.4 Å². The van der Waals surface area contributed by atoms with E-state index in [-0.39, 0.29) is 31.9 Å². The summed E-state index contributed by atoms with van der Waals surface area (Å²) in [6.07, 6.45) is 0.287. The van der Waals surface area contributed by atoms with Crippen LogP contribution in [0.25, 0.3) is 10.2 Å². The molecule has 6 nitrogen and oxygen atoms in total. The second-order valence-corrected chi connectivity index (χ2v) is 7.28. The van der Waals surface area contributed by atoms with Gasteiger partial charge < -0.3 is 4.74 Å². The van der Waals surface area contributed by atoms with Crippen molar-refractivity contribution in [3.8, 4) is 0 Å². The summed E-state index contributed by atoms with van der Waals surface area (Å²) in [5, 5.41) is 0.336. The number of ether oxygens (including phenoxy) is 1. The van der Waals surface area contributed by atoms with Crippen molar-refractivity contribution < 1.29 is 13.9 Å². The number of nitrogens with zero attached hydrogens (tertiary/aromatic N) is 2. The number of halogens is 1. The first-order chi connectivity index (χ1) is 13.4. The third kappa shape index (κ3) is 3.40. The van der Waals surface area contributed by atoms with Gasteiger partial charge in [0.05, 0.1) is 12.0 Å². The zero-order chi connectivity index (χ0) is 20.4. The molecule has 8 heteroatoms. The number of aromatic nitrogens is 2. The molecule has 0 spiro atoms. The molecule has 0 radical (unpaired) electrons. The van der Waals surface area contributed by atoms with Crippen LogP contribution in [0.15, 0.2) is 33.9 Å². The molecule has 28 heavy (non-hydrogen) atoms. The monoisotopic (exact) mass is 404 g/mol. The van der Waals surface area contributed by atoms with Gasteiger partial charge in [-0.25, -0.2) is 14.0 Å². The summed E-state index contributed by atoms with van der Waals surface area (Å²) in [6.45, 7) is 5.71. The van der Waals surface area contributed by atoms with Crippen molar-refractivity contribution in [2.24, 2.45) is 0 Å². The van der Waals surface area contributed by atoms with E-state index >= 15 is 0 Å². The molecule has 0 unspecified atom stereocenters. The zero-order valence-corrected chi connectivity index (χ0v) is 16.8. The highest BCUT2D eigenvalue weighted by molar-refractivity contribution is 7.20. The lowest BCUT2D eigenvalue weighted by Crippen LogP contribution is -2.39. The Bertz CT molecular complexity index is 1160. The van der Waals surface area contributed by atoms with Crippen LogP contribution in [0.1, 0.15) is 34.6 Å². The first kappa shape index (κ1) is 20.0.